The highest BCUT2D eigenvalue weighted by molar-refractivity contribution is 8.01. The molecular formula is C10H18N4O2S2. The summed E-state index contributed by atoms with van der Waals surface area (Å²) in [5.41, 5.74) is 0. The van der Waals surface area contributed by atoms with Crippen LogP contribution in [0.5, 0.6) is 0 Å². The maximum absolute atomic E-state index is 11.6. The number of carbonyl (C=O) groups is 1. The second-order valence-electron chi connectivity index (χ2n) is 3.65. The van der Waals surface area contributed by atoms with Crippen LogP contribution in [-0.4, -0.2) is 55.7 Å². The van der Waals surface area contributed by atoms with Crippen LogP contribution in [-0.2, 0) is 9.53 Å². The Labute approximate surface area is 115 Å². The molecule has 18 heavy (non-hydrogen) atoms. The molecule has 8 heteroatoms. The number of likely N-dealkylation sites (N-methyl/N-ethyl adjacent to an activating group) is 1. The summed E-state index contributed by atoms with van der Waals surface area (Å²) in [6.45, 7) is 2.19. The van der Waals surface area contributed by atoms with Gasteiger partial charge in [0.25, 0.3) is 0 Å². The van der Waals surface area contributed by atoms with E-state index in [1.165, 1.54) is 23.1 Å². The summed E-state index contributed by atoms with van der Waals surface area (Å²) in [7, 11) is 5.58. The Kier molecular flexibility index (Phi) is 6.37. The highest BCUT2D eigenvalue weighted by atomic mass is 32.2. The standard InChI is InChI=1S/C10H18N4O2S2/c1-5-16-8(15)7(11-2)6-17-10-13-12-9(18-10)14(3)4/h7,11H,5-6H2,1-4H3. The summed E-state index contributed by atoms with van der Waals surface area (Å²) in [4.78, 5) is 13.5. The molecule has 6 nitrogen and oxygen atoms in total. The van der Waals surface area contributed by atoms with Gasteiger partial charge in [0.1, 0.15) is 6.04 Å². The number of nitrogens with one attached hydrogen (secondary N) is 1. The minimum absolute atomic E-state index is 0.232. The van der Waals surface area contributed by atoms with Crippen molar-refractivity contribution >= 4 is 34.2 Å². The highest BCUT2D eigenvalue weighted by Gasteiger charge is 2.18. The van der Waals surface area contributed by atoms with Gasteiger partial charge in [-0.1, -0.05) is 23.1 Å². The maximum atomic E-state index is 11.6. The summed E-state index contributed by atoms with van der Waals surface area (Å²) in [6, 6.07) is -0.318. The van der Waals surface area contributed by atoms with E-state index < -0.39 is 0 Å². The van der Waals surface area contributed by atoms with E-state index in [0.717, 1.165) is 9.47 Å². The first-order chi connectivity index (χ1) is 8.58. The van der Waals surface area contributed by atoms with E-state index in [2.05, 4.69) is 15.5 Å². The Bertz CT molecular complexity index is 384. The smallest absolute Gasteiger partial charge is 0.323 e. The first kappa shape index (κ1) is 15.2. The van der Waals surface area contributed by atoms with Crippen molar-refractivity contribution in [1.29, 1.82) is 0 Å². The van der Waals surface area contributed by atoms with Crippen molar-refractivity contribution in [3.63, 3.8) is 0 Å². The van der Waals surface area contributed by atoms with Gasteiger partial charge in [-0.2, -0.15) is 0 Å². The SMILES string of the molecule is CCOC(=O)C(CSc1nnc(N(C)C)s1)NC. The lowest BCUT2D eigenvalue weighted by atomic mass is 10.3. The molecule has 0 aliphatic rings. The van der Waals surface area contributed by atoms with Crippen molar-refractivity contribution in [2.24, 2.45) is 0 Å². The van der Waals surface area contributed by atoms with Gasteiger partial charge < -0.3 is 15.0 Å². The Hall–Kier alpha value is -0.860. The average molecular weight is 290 g/mol. The van der Waals surface area contributed by atoms with Gasteiger partial charge in [-0.3, -0.25) is 4.79 Å². The van der Waals surface area contributed by atoms with Crippen molar-refractivity contribution in [1.82, 2.24) is 15.5 Å². The molecule has 0 aliphatic heterocycles. The van der Waals surface area contributed by atoms with Gasteiger partial charge >= 0.3 is 5.97 Å². The number of esters is 1. The lowest BCUT2D eigenvalue weighted by Crippen LogP contribution is -2.37. The van der Waals surface area contributed by atoms with E-state index in [1.807, 2.05) is 19.0 Å². The molecule has 1 N–H and O–H groups in total. The normalized spacial score (nSPS) is 12.2. The van der Waals surface area contributed by atoms with E-state index >= 15 is 0 Å². The monoisotopic (exact) mass is 290 g/mol. The molecule has 1 aromatic rings. The van der Waals surface area contributed by atoms with Crippen LogP contribution in [0.3, 0.4) is 0 Å². The van der Waals surface area contributed by atoms with E-state index in [9.17, 15) is 4.79 Å². The Morgan fingerprint density at radius 2 is 2.28 bits per heavy atom. The van der Waals surface area contributed by atoms with Crippen LogP contribution in [0.15, 0.2) is 4.34 Å². The number of thioether (sulfide) groups is 1. The molecular weight excluding hydrogens is 272 g/mol. The third-order valence-corrected chi connectivity index (χ3v) is 4.39. The fourth-order valence-electron chi connectivity index (χ4n) is 1.11. The van der Waals surface area contributed by atoms with E-state index in [1.54, 1.807) is 14.0 Å². The van der Waals surface area contributed by atoms with Crippen LogP contribution < -0.4 is 10.2 Å². The maximum Gasteiger partial charge on any atom is 0.323 e. The Balaban J connectivity index is 2.49. The molecule has 0 bridgehead atoms. The first-order valence-electron chi connectivity index (χ1n) is 5.56. The molecule has 0 spiro atoms. The van der Waals surface area contributed by atoms with Crippen molar-refractivity contribution < 1.29 is 9.53 Å². The van der Waals surface area contributed by atoms with Crippen molar-refractivity contribution in [2.45, 2.75) is 17.3 Å². The van der Waals surface area contributed by atoms with Gasteiger partial charge in [-0.25, -0.2) is 0 Å². The van der Waals surface area contributed by atoms with Gasteiger partial charge in [0.05, 0.1) is 6.61 Å². The fraction of sp³-hybridized carbons (Fsp3) is 0.700. The largest absolute Gasteiger partial charge is 0.465 e. The van der Waals surface area contributed by atoms with Crippen LogP contribution in [0.1, 0.15) is 6.92 Å². The summed E-state index contributed by atoms with van der Waals surface area (Å²) >= 11 is 3.01. The summed E-state index contributed by atoms with van der Waals surface area (Å²) < 4.78 is 5.82. The van der Waals surface area contributed by atoms with E-state index in [0.29, 0.717) is 12.4 Å². The second-order valence-corrected chi connectivity index (χ2v) is 5.87. The zero-order valence-corrected chi connectivity index (χ0v) is 12.6. The van der Waals surface area contributed by atoms with Gasteiger partial charge in [0, 0.05) is 19.8 Å². The third kappa shape index (κ3) is 4.43. The van der Waals surface area contributed by atoms with E-state index in [4.69, 9.17) is 4.74 Å². The number of anilines is 1. The van der Waals surface area contributed by atoms with Crippen molar-refractivity contribution in [3.8, 4) is 0 Å². The average Bonchev–Trinajstić information content (AvgIpc) is 2.79. The predicted molar refractivity (Wildman–Crippen MR) is 74.4 cm³/mol. The summed E-state index contributed by atoms with van der Waals surface area (Å²) in [5.74, 6) is 0.349. The van der Waals surface area contributed by atoms with Gasteiger partial charge in [-0.05, 0) is 14.0 Å². The minimum atomic E-state index is -0.318. The van der Waals surface area contributed by atoms with Crippen LogP contribution in [0.2, 0.25) is 0 Å². The number of hydrogen-bond donors (Lipinski definition) is 1. The zero-order valence-electron chi connectivity index (χ0n) is 11.0. The third-order valence-electron chi connectivity index (χ3n) is 2.07. The number of ether oxygens (including phenoxy) is 1. The number of aromatic nitrogens is 2. The quantitative estimate of drug-likeness (QED) is 0.590. The van der Waals surface area contributed by atoms with Crippen molar-refractivity contribution in [2.75, 3.05) is 38.4 Å². The van der Waals surface area contributed by atoms with Crippen molar-refractivity contribution in [3.05, 3.63) is 0 Å². The molecule has 0 amide bonds. The first-order valence-corrected chi connectivity index (χ1v) is 7.36. The second kappa shape index (κ2) is 7.55. The molecule has 1 atom stereocenters. The molecule has 1 rings (SSSR count). The van der Waals surface area contributed by atoms with Gasteiger partial charge in [-0.15, -0.1) is 10.2 Å². The zero-order chi connectivity index (χ0) is 13.5. The predicted octanol–water partition coefficient (Wildman–Crippen LogP) is 0.847. The van der Waals surface area contributed by atoms with E-state index in [-0.39, 0.29) is 12.0 Å². The molecule has 1 aromatic heterocycles. The number of rotatable bonds is 7. The Morgan fingerprint density at radius 1 is 1.56 bits per heavy atom. The molecule has 0 aromatic carbocycles. The molecule has 1 heterocycles. The molecule has 0 saturated carbocycles. The van der Waals surface area contributed by atoms with Gasteiger partial charge in [0.15, 0.2) is 4.34 Å². The van der Waals surface area contributed by atoms with Crippen LogP contribution >= 0.6 is 23.1 Å². The molecule has 0 aliphatic carbocycles. The minimum Gasteiger partial charge on any atom is -0.465 e. The molecule has 0 radical (unpaired) electrons. The van der Waals surface area contributed by atoms with Crippen LogP contribution in [0, 0.1) is 0 Å². The Morgan fingerprint density at radius 3 is 2.78 bits per heavy atom. The van der Waals surface area contributed by atoms with Gasteiger partial charge in [0.2, 0.25) is 5.13 Å². The topological polar surface area (TPSA) is 67.3 Å². The lowest BCUT2D eigenvalue weighted by molar-refractivity contribution is -0.144. The highest BCUT2D eigenvalue weighted by Crippen LogP contribution is 2.27. The summed E-state index contributed by atoms with van der Waals surface area (Å²) in [6.07, 6.45) is 0. The molecule has 102 valence electrons. The molecule has 0 fully saturated rings. The van der Waals surface area contributed by atoms with Crippen LogP contribution in [0.25, 0.3) is 0 Å². The number of hydrogen-bond acceptors (Lipinski definition) is 8. The number of nitrogens with zero attached hydrogens (tertiary/aromatic N) is 3. The van der Waals surface area contributed by atoms with Crippen LogP contribution in [0.4, 0.5) is 5.13 Å². The number of carbonyl (C=O) groups excluding carboxylic acids is 1. The molecule has 0 saturated heterocycles. The molecule has 1 unspecified atom stereocenters. The fourth-order valence-corrected chi connectivity index (χ4v) is 2.98. The summed E-state index contributed by atoms with van der Waals surface area (Å²) in [5, 5.41) is 11.9. The lowest BCUT2D eigenvalue weighted by Gasteiger charge is -2.12.